The second kappa shape index (κ2) is 10.8. The van der Waals surface area contributed by atoms with E-state index in [1.165, 1.54) is 6.42 Å². The smallest absolute Gasteiger partial charge is 0.255 e. The molecule has 198 valence electrons. The van der Waals surface area contributed by atoms with Crippen molar-refractivity contribution in [2.24, 2.45) is 5.92 Å². The molecule has 1 unspecified atom stereocenters. The highest BCUT2D eigenvalue weighted by atomic mass is 16.5. The summed E-state index contributed by atoms with van der Waals surface area (Å²) >= 11 is 0. The lowest BCUT2D eigenvalue weighted by Gasteiger charge is -2.39. The normalized spacial score (nSPS) is 19.6. The lowest BCUT2D eigenvalue weighted by Crippen LogP contribution is -2.44. The number of carbonyl (C=O) groups is 1. The minimum absolute atomic E-state index is 0.0667. The van der Waals surface area contributed by atoms with Gasteiger partial charge in [0.25, 0.3) is 5.56 Å². The van der Waals surface area contributed by atoms with Crippen LogP contribution in [0.3, 0.4) is 0 Å². The predicted octanol–water partition coefficient (Wildman–Crippen LogP) is 4.83. The number of hydrogen-bond acceptors (Lipinski definition) is 5. The number of carbonyl (C=O) groups excluding carboxylic acids is 1. The van der Waals surface area contributed by atoms with E-state index in [4.69, 9.17) is 9.47 Å². The fourth-order valence-electron chi connectivity index (χ4n) is 6.28. The van der Waals surface area contributed by atoms with E-state index < -0.39 is 0 Å². The van der Waals surface area contributed by atoms with Crippen LogP contribution in [0.1, 0.15) is 66.0 Å². The maximum absolute atomic E-state index is 13.6. The second-order valence-corrected chi connectivity index (χ2v) is 10.8. The number of piperidine rings is 1. The first-order chi connectivity index (χ1) is 17.9. The molecule has 0 bridgehead atoms. The molecular weight excluding hydrogens is 466 g/mol. The third-order valence-electron chi connectivity index (χ3n) is 8.46. The third kappa shape index (κ3) is 5.12. The number of methoxy groups -OCH3 is 1. The van der Waals surface area contributed by atoms with E-state index in [1.54, 1.807) is 7.11 Å². The molecule has 0 spiro atoms. The number of fused-ring (bicyclic) bond motifs is 1. The standard InChI is InChI=1S/C30H39N3O4/c1-19-17-28(36-4)25(30(35)31-19)9-10-27(34)29-21(3)33(26-8-6-5-7-24(26)29)20(2)22-11-14-32(15-12-22)18-23-13-16-37-23/h5-8,17,20,22-23H,9-16,18H2,1-4H3,(H,31,35)/t20-,23?/m1/s1. The number of para-hydroxylation sites is 1. The first-order valence-electron chi connectivity index (χ1n) is 13.6. The van der Waals surface area contributed by atoms with E-state index >= 15 is 0 Å². The van der Waals surface area contributed by atoms with Crippen LogP contribution in [-0.4, -0.2) is 59.7 Å². The maximum atomic E-state index is 13.6. The molecule has 2 saturated heterocycles. The van der Waals surface area contributed by atoms with E-state index in [0.29, 0.717) is 35.8 Å². The molecule has 5 rings (SSSR count). The topological polar surface area (TPSA) is 76.6 Å². The van der Waals surface area contributed by atoms with Gasteiger partial charge >= 0.3 is 0 Å². The maximum Gasteiger partial charge on any atom is 0.255 e. The Kier molecular flexibility index (Phi) is 7.54. The zero-order valence-corrected chi connectivity index (χ0v) is 22.5. The van der Waals surface area contributed by atoms with Gasteiger partial charge in [-0.1, -0.05) is 18.2 Å². The van der Waals surface area contributed by atoms with Crippen LogP contribution in [0, 0.1) is 19.8 Å². The zero-order chi connectivity index (χ0) is 26.1. The summed E-state index contributed by atoms with van der Waals surface area (Å²) in [5.41, 5.74) is 4.00. The summed E-state index contributed by atoms with van der Waals surface area (Å²) in [5.74, 6) is 1.17. The minimum atomic E-state index is -0.187. The summed E-state index contributed by atoms with van der Waals surface area (Å²) < 4.78 is 13.5. The summed E-state index contributed by atoms with van der Waals surface area (Å²) in [5, 5.41) is 1.00. The van der Waals surface area contributed by atoms with E-state index in [-0.39, 0.29) is 17.8 Å². The van der Waals surface area contributed by atoms with Gasteiger partial charge in [-0.05, 0) is 77.6 Å². The highest BCUT2D eigenvalue weighted by Gasteiger charge is 2.30. The molecule has 0 aliphatic carbocycles. The average Bonchev–Trinajstić information content (AvgIpc) is 3.16. The van der Waals surface area contributed by atoms with Crippen LogP contribution in [0.15, 0.2) is 35.1 Å². The molecule has 3 aromatic rings. The van der Waals surface area contributed by atoms with Crippen LogP contribution >= 0.6 is 0 Å². The highest BCUT2D eigenvalue weighted by Crippen LogP contribution is 2.36. The van der Waals surface area contributed by atoms with Crippen molar-refractivity contribution in [2.45, 2.75) is 65.0 Å². The van der Waals surface area contributed by atoms with Gasteiger partial charge in [0.2, 0.25) is 0 Å². The monoisotopic (exact) mass is 505 g/mol. The number of aromatic nitrogens is 2. The van der Waals surface area contributed by atoms with Crippen LogP contribution in [0.2, 0.25) is 0 Å². The number of nitrogens with one attached hydrogen (secondary N) is 1. The number of Topliss-reactive ketones (excluding diaryl/α,β-unsaturated/α-hetero) is 1. The summed E-state index contributed by atoms with van der Waals surface area (Å²) in [6.07, 6.45) is 4.52. The van der Waals surface area contributed by atoms with Gasteiger partial charge in [-0.15, -0.1) is 0 Å². The average molecular weight is 506 g/mol. The van der Waals surface area contributed by atoms with E-state index in [9.17, 15) is 9.59 Å². The third-order valence-corrected chi connectivity index (χ3v) is 8.46. The number of ether oxygens (including phenoxy) is 2. The van der Waals surface area contributed by atoms with Gasteiger partial charge in [0, 0.05) is 53.5 Å². The van der Waals surface area contributed by atoms with Crippen LogP contribution in [0.25, 0.3) is 10.9 Å². The van der Waals surface area contributed by atoms with Crippen LogP contribution in [0.5, 0.6) is 5.75 Å². The van der Waals surface area contributed by atoms with E-state index in [2.05, 4.69) is 46.5 Å². The summed E-state index contributed by atoms with van der Waals surface area (Å²) in [6, 6.07) is 10.4. The van der Waals surface area contributed by atoms with Crippen molar-refractivity contribution in [1.82, 2.24) is 14.5 Å². The largest absolute Gasteiger partial charge is 0.496 e. The fourth-order valence-corrected chi connectivity index (χ4v) is 6.28. The lowest BCUT2D eigenvalue weighted by atomic mass is 9.89. The Hall–Kier alpha value is -2.90. The van der Waals surface area contributed by atoms with Crippen molar-refractivity contribution < 1.29 is 14.3 Å². The van der Waals surface area contributed by atoms with E-state index in [0.717, 1.165) is 66.9 Å². The predicted molar refractivity (Wildman–Crippen MR) is 146 cm³/mol. The Morgan fingerprint density at radius 1 is 1.19 bits per heavy atom. The molecule has 2 atom stereocenters. The number of hydrogen-bond donors (Lipinski definition) is 1. The lowest BCUT2D eigenvalue weighted by molar-refractivity contribution is -0.0706. The second-order valence-electron chi connectivity index (χ2n) is 10.8. The quantitative estimate of drug-likeness (QED) is 0.422. The Balaban J connectivity index is 1.36. The molecular formula is C30H39N3O4. The van der Waals surface area contributed by atoms with Crippen molar-refractivity contribution >= 4 is 16.7 Å². The molecule has 2 aliphatic rings. The number of ketones is 1. The number of aryl methyl sites for hydroxylation is 1. The molecule has 0 radical (unpaired) electrons. The van der Waals surface area contributed by atoms with Crippen LogP contribution in [-0.2, 0) is 11.2 Å². The van der Waals surface area contributed by atoms with Crippen molar-refractivity contribution in [3.05, 3.63) is 63.2 Å². The summed E-state index contributed by atoms with van der Waals surface area (Å²) in [7, 11) is 1.56. The van der Waals surface area contributed by atoms with Crippen molar-refractivity contribution in [3.63, 3.8) is 0 Å². The minimum Gasteiger partial charge on any atom is -0.496 e. The Morgan fingerprint density at radius 3 is 2.59 bits per heavy atom. The molecule has 7 heteroatoms. The molecule has 2 fully saturated rings. The fraction of sp³-hybridized carbons (Fsp3) is 0.533. The summed E-state index contributed by atoms with van der Waals surface area (Å²) in [4.78, 5) is 31.6. The van der Waals surface area contributed by atoms with Gasteiger partial charge < -0.3 is 23.9 Å². The molecule has 7 nitrogen and oxygen atoms in total. The molecule has 0 amide bonds. The van der Waals surface area contributed by atoms with Gasteiger partial charge in [-0.25, -0.2) is 0 Å². The number of aromatic amines is 1. The van der Waals surface area contributed by atoms with Crippen molar-refractivity contribution in [2.75, 3.05) is 33.4 Å². The van der Waals surface area contributed by atoms with Crippen LogP contribution in [0.4, 0.5) is 0 Å². The molecule has 37 heavy (non-hydrogen) atoms. The molecule has 2 aliphatic heterocycles. The first kappa shape index (κ1) is 25.7. The Morgan fingerprint density at radius 2 is 1.92 bits per heavy atom. The number of pyridine rings is 1. The zero-order valence-electron chi connectivity index (χ0n) is 22.5. The molecule has 4 heterocycles. The Bertz CT molecular complexity index is 1330. The molecule has 2 aromatic heterocycles. The number of rotatable bonds is 9. The van der Waals surface area contributed by atoms with Crippen LogP contribution < -0.4 is 10.3 Å². The molecule has 1 aromatic carbocycles. The number of nitrogens with zero attached hydrogens (tertiary/aromatic N) is 2. The van der Waals surface area contributed by atoms with Gasteiger partial charge in [0.05, 0.1) is 18.8 Å². The number of H-pyrrole nitrogens is 1. The Labute approximate surface area is 218 Å². The van der Waals surface area contributed by atoms with Gasteiger partial charge in [-0.2, -0.15) is 0 Å². The van der Waals surface area contributed by atoms with Gasteiger partial charge in [-0.3, -0.25) is 9.59 Å². The molecule has 0 saturated carbocycles. The van der Waals surface area contributed by atoms with E-state index in [1.807, 2.05) is 19.1 Å². The van der Waals surface area contributed by atoms with Crippen molar-refractivity contribution in [3.8, 4) is 5.75 Å². The summed E-state index contributed by atoms with van der Waals surface area (Å²) in [6.45, 7) is 10.4. The first-order valence-corrected chi connectivity index (χ1v) is 13.6. The highest BCUT2D eigenvalue weighted by molar-refractivity contribution is 6.09. The van der Waals surface area contributed by atoms with Gasteiger partial charge in [0.1, 0.15) is 5.75 Å². The number of likely N-dealkylation sites (tertiary alicyclic amines) is 1. The van der Waals surface area contributed by atoms with Crippen molar-refractivity contribution in [1.29, 1.82) is 0 Å². The number of benzene rings is 1. The van der Waals surface area contributed by atoms with Gasteiger partial charge in [0.15, 0.2) is 5.78 Å². The SMILES string of the molecule is COc1cc(C)[nH]c(=O)c1CCC(=O)c1c(C)n([C@H](C)C2CCN(CC3CCO3)CC2)c2ccccc12. The molecule has 1 N–H and O–H groups in total.